The Morgan fingerprint density at radius 2 is 1.35 bits per heavy atom. The van der Waals surface area contributed by atoms with E-state index in [0.717, 1.165) is 27.8 Å². The highest BCUT2D eigenvalue weighted by Gasteiger charge is 2.55. The first-order valence-electron chi connectivity index (χ1n) is 12.7. The number of esters is 2. The average Bonchev–Trinajstić information content (AvgIpc) is 3.29. The van der Waals surface area contributed by atoms with Crippen molar-refractivity contribution in [2.45, 2.75) is 46.8 Å². The second-order valence-corrected chi connectivity index (χ2v) is 9.94. The van der Waals surface area contributed by atoms with Gasteiger partial charge in [0.1, 0.15) is 13.2 Å². The van der Waals surface area contributed by atoms with Gasteiger partial charge in [0.15, 0.2) is 5.41 Å². The Morgan fingerprint density at radius 3 is 1.86 bits per heavy atom. The van der Waals surface area contributed by atoms with Gasteiger partial charge in [-0.05, 0) is 49.3 Å². The number of ether oxygens (including phenoxy) is 2. The smallest absolute Gasteiger partial charge is 0.324 e. The monoisotopic (exact) mass is 494 g/mol. The van der Waals surface area contributed by atoms with Crippen LogP contribution in [-0.2, 0) is 32.3 Å². The molecule has 1 aliphatic carbocycles. The van der Waals surface area contributed by atoms with E-state index in [0.29, 0.717) is 12.8 Å². The van der Waals surface area contributed by atoms with E-state index >= 15 is 0 Å². The second-order valence-electron chi connectivity index (χ2n) is 9.94. The Balaban J connectivity index is 1.57. The molecule has 1 unspecified atom stereocenters. The number of hydrogen-bond donors (Lipinski definition) is 0. The van der Waals surface area contributed by atoms with Crippen LogP contribution in [0.4, 0.5) is 0 Å². The molecule has 0 spiro atoms. The summed E-state index contributed by atoms with van der Waals surface area (Å²) in [5, 5.41) is 0. The average molecular weight is 495 g/mol. The molecule has 1 aliphatic rings. The summed E-state index contributed by atoms with van der Waals surface area (Å²) in [5.74, 6) is -1.01. The van der Waals surface area contributed by atoms with Crippen LogP contribution in [0.5, 0.6) is 0 Å². The molecular weight excluding hydrogens is 460 g/mol. The van der Waals surface area contributed by atoms with E-state index in [1.54, 1.807) is 0 Å². The Hall–Kier alpha value is -3.92. The summed E-state index contributed by atoms with van der Waals surface area (Å²) in [6, 6.07) is 27.3. The molecule has 0 heterocycles. The summed E-state index contributed by atoms with van der Waals surface area (Å²) in [4.78, 5) is 27.1. The molecule has 0 bridgehead atoms. The van der Waals surface area contributed by atoms with Crippen LogP contribution in [0.3, 0.4) is 0 Å². The van der Waals surface area contributed by atoms with E-state index in [1.165, 1.54) is 5.56 Å². The standard InChI is InChI=1S/C33H34O4/c1-24-14-17-27(18-15-24)19-16-25(2)30-21-33(20-26(30)3,31(34)36-22-28-10-6-4-7-11-28)32(35)37-23-29-12-8-5-9-13-29/h4-19,26H,20-23H2,1-3H3/b19-16+,30-25-. The fourth-order valence-corrected chi connectivity index (χ4v) is 4.87. The Bertz CT molecular complexity index is 1220. The molecule has 37 heavy (non-hydrogen) atoms. The van der Waals surface area contributed by atoms with Crippen molar-refractivity contribution < 1.29 is 19.1 Å². The molecule has 1 saturated carbocycles. The summed E-state index contributed by atoms with van der Waals surface area (Å²) < 4.78 is 11.5. The highest BCUT2D eigenvalue weighted by atomic mass is 16.6. The number of carbonyl (C=O) groups is 2. The quantitative estimate of drug-likeness (QED) is 0.245. The second kappa shape index (κ2) is 11.9. The third-order valence-corrected chi connectivity index (χ3v) is 7.06. The fourth-order valence-electron chi connectivity index (χ4n) is 4.87. The molecular formula is C33H34O4. The third-order valence-electron chi connectivity index (χ3n) is 7.06. The van der Waals surface area contributed by atoms with Crippen LogP contribution >= 0.6 is 0 Å². The molecule has 1 fully saturated rings. The Morgan fingerprint density at radius 1 is 0.838 bits per heavy atom. The fraction of sp³-hybridized carbons (Fsp3) is 0.273. The molecule has 3 aromatic rings. The molecule has 0 N–H and O–H groups in total. The Kier molecular flexibility index (Phi) is 8.39. The summed E-state index contributed by atoms with van der Waals surface area (Å²) in [7, 11) is 0. The van der Waals surface area contributed by atoms with Gasteiger partial charge in [-0.15, -0.1) is 0 Å². The van der Waals surface area contributed by atoms with Gasteiger partial charge in [0.05, 0.1) is 0 Å². The van der Waals surface area contributed by atoms with Gasteiger partial charge in [0.2, 0.25) is 0 Å². The van der Waals surface area contributed by atoms with E-state index in [4.69, 9.17) is 9.47 Å². The molecule has 3 aromatic carbocycles. The van der Waals surface area contributed by atoms with E-state index in [2.05, 4.69) is 50.3 Å². The summed E-state index contributed by atoms with van der Waals surface area (Å²) in [6.07, 6.45) is 4.78. The first kappa shape index (κ1) is 26.2. The topological polar surface area (TPSA) is 52.6 Å². The number of hydrogen-bond acceptors (Lipinski definition) is 4. The van der Waals surface area contributed by atoms with Crippen molar-refractivity contribution in [1.82, 2.24) is 0 Å². The van der Waals surface area contributed by atoms with E-state index in [1.807, 2.05) is 67.6 Å². The van der Waals surface area contributed by atoms with Crippen LogP contribution in [0.25, 0.3) is 6.08 Å². The lowest BCUT2D eigenvalue weighted by Crippen LogP contribution is -2.40. The van der Waals surface area contributed by atoms with Crippen LogP contribution in [0, 0.1) is 18.3 Å². The normalized spacial score (nSPS) is 18.0. The van der Waals surface area contributed by atoms with Gasteiger partial charge in [-0.2, -0.15) is 0 Å². The zero-order chi connectivity index (χ0) is 26.3. The number of rotatable bonds is 8. The van der Waals surface area contributed by atoms with Gasteiger partial charge in [0, 0.05) is 0 Å². The van der Waals surface area contributed by atoms with Crippen LogP contribution in [-0.4, -0.2) is 11.9 Å². The van der Waals surface area contributed by atoms with E-state index in [9.17, 15) is 9.59 Å². The van der Waals surface area contributed by atoms with Crippen molar-refractivity contribution >= 4 is 18.0 Å². The van der Waals surface area contributed by atoms with Gasteiger partial charge >= 0.3 is 11.9 Å². The number of aryl methyl sites for hydroxylation is 1. The van der Waals surface area contributed by atoms with Crippen LogP contribution in [0.2, 0.25) is 0 Å². The predicted octanol–water partition coefficient (Wildman–Crippen LogP) is 7.23. The maximum Gasteiger partial charge on any atom is 0.324 e. The minimum absolute atomic E-state index is 0.0382. The first-order valence-corrected chi connectivity index (χ1v) is 12.7. The highest BCUT2D eigenvalue weighted by molar-refractivity contribution is 6.01. The van der Waals surface area contributed by atoms with Crippen molar-refractivity contribution in [3.63, 3.8) is 0 Å². The zero-order valence-corrected chi connectivity index (χ0v) is 21.8. The van der Waals surface area contributed by atoms with Crippen molar-refractivity contribution in [3.8, 4) is 0 Å². The van der Waals surface area contributed by atoms with E-state index in [-0.39, 0.29) is 19.1 Å². The van der Waals surface area contributed by atoms with Gasteiger partial charge in [-0.25, -0.2) is 0 Å². The maximum absolute atomic E-state index is 13.6. The molecule has 4 heteroatoms. The van der Waals surface area contributed by atoms with Gasteiger partial charge in [-0.3, -0.25) is 9.59 Å². The SMILES string of the molecule is CC(/C=C/c1ccc(C)cc1)=C1\CC(C(=O)OCc2ccccc2)(C(=O)OCc2ccccc2)CC1C. The molecule has 0 saturated heterocycles. The lowest BCUT2D eigenvalue weighted by Gasteiger charge is -2.25. The first-order chi connectivity index (χ1) is 17.9. The number of carbonyl (C=O) groups excluding carboxylic acids is 2. The molecule has 4 rings (SSSR count). The molecule has 1 atom stereocenters. The highest BCUT2D eigenvalue weighted by Crippen LogP contribution is 2.48. The van der Waals surface area contributed by atoms with Gasteiger partial charge in [0.25, 0.3) is 0 Å². The lowest BCUT2D eigenvalue weighted by molar-refractivity contribution is -0.174. The van der Waals surface area contributed by atoms with Crippen molar-refractivity contribution in [2.24, 2.45) is 11.3 Å². The zero-order valence-electron chi connectivity index (χ0n) is 21.8. The van der Waals surface area contributed by atoms with Crippen LogP contribution in [0.1, 0.15) is 48.9 Å². The predicted molar refractivity (Wildman–Crippen MR) is 146 cm³/mol. The van der Waals surface area contributed by atoms with Gasteiger partial charge in [-0.1, -0.05) is 121 Å². The van der Waals surface area contributed by atoms with Crippen LogP contribution in [0.15, 0.2) is 102 Å². The third kappa shape index (κ3) is 6.45. The minimum Gasteiger partial charge on any atom is -0.460 e. The lowest BCUT2D eigenvalue weighted by atomic mass is 9.85. The Labute approximate surface area is 219 Å². The van der Waals surface area contributed by atoms with Crippen LogP contribution < -0.4 is 0 Å². The summed E-state index contributed by atoms with van der Waals surface area (Å²) in [5.41, 5.74) is 4.84. The molecule has 0 amide bonds. The van der Waals surface area contributed by atoms with Crippen molar-refractivity contribution in [2.75, 3.05) is 0 Å². The molecule has 0 aromatic heterocycles. The maximum atomic E-state index is 13.6. The molecule has 190 valence electrons. The van der Waals surface area contributed by atoms with Crippen molar-refractivity contribution in [1.29, 1.82) is 0 Å². The summed E-state index contributed by atoms with van der Waals surface area (Å²) >= 11 is 0. The molecule has 4 nitrogen and oxygen atoms in total. The van der Waals surface area contributed by atoms with Crippen molar-refractivity contribution in [3.05, 3.63) is 124 Å². The minimum atomic E-state index is -1.36. The largest absolute Gasteiger partial charge is 0.460 e. The van der Waals surface area contributed by atoms with Gasteiger partial charge < -0.3 is 9.47 Å². The number of benzene rings is 3. The molecule has 0 aliphatic heterocycles. The number of allylic oxidation sites excluding steroid dienone is 3. The summed E-state index contributed by atoms with van der Waals surface area (Å²) in [6.45, 7) is 6.40. The molecule has 0 radical (unpaired) electrons. The van der Waals surface area contributed by atoms with E-state index < -0.39 is 17.4 Å².